The molecule has 0 bridgehead atoms. The maximum atomic E-state index is 14.4. The Morgan fingerprint density at radius 1 is 1.23 bits per heavy atom. The fourth-order valence-corrected chi connectivity index (χ4v) is 6.85. The summed E-state index contributed by atoms with van der Waals surface area (Å²) in [6.45, 7) is 4.97. The molecule has 1 saturated carbocycles. The van der Waals surface area contributed by atoms with Crippen molar-refractivity contribution < 1.29 is 23.5 Å². The summed E-state index contributed by atoms with van der Waals surface area (Å²) in [6.07, 6.45) is 5.09. The quantitative estimate of drug-likeness (QED) is 0.496. The van der Waals surface area contributed by atoms with Crippen molar-refractivity contribution in [2.24, 2.45) is 5.92 Å². The molecule has 208 valence electrons. The van der Waals surface area contributed by atoms with Crippen molar-refractivity contribution in [3.8, 4) is 17.1 Å². The lowest BCUT2D eigenvalue weighted by atomic mass is 9.82. The minimum atomic E-state index is -0.533. The molecule has 7 rings (SSSR count). The summed E-state index contributed by atoms with van der Waals surface area (Å²) in [5.74, 6) is -0.450. The van der Waals surface area contributed by atoms with Gasteiger partial charge in [0.15, 0.2) is 11.5 Å². The monoisotopic (exact) mass is 539 g/mol. The van der Waals surface area contributed by atoms with E-state index in [4.69, 9.17) is 9.47 Å². The molecule has 4 saturated heterocycles. The third-order valence-corrected chi connectivity index (χ3v) is 9.46. The molecule has 0 radical (unpaired) electrons. The van der Waals surface area contributed by atoms with E-state index in [0.717, 1.165) is 58.2 Å². The summed E-state index contributed by atoms with van der Waals surface area (Å²) in [4.78, 5) is 35.0. The minimum Gasteiger partial charge on any atom is -0.481 e. The van der Waals surface area contributed by atoms with Crippen LogP contribution in [0.15, 0.2) is 18.3 Å². The maximum absolute atomic E-state index is 14.4. The molecule has 2 aromatic rings. The Labute approximate surface area is 225 Å². The number of aromatic amines is 1. The van der Waals surface area contributed by atoms with Crippen molar-refractivity contribution in [3.05, 3.63) is 29.8 Å². The van der Waals surface area contributed by atoms with E-state index in [0.29, 0.717) is 31.1 Å². The second-order valence-electron chi connectivity index (χ2n) is 11.7. The first-order valence-electron chi connectivity index (χ1n) is 13.9. The number of rotatable bonds is 6. The molecule has 11 nitrogen and oxygen atoms in total. The van der Waals surface area contributed by atoms with Crippen molar-refractivity contribution >= 4 is 11.8 Å². The van der Waals surface area contributed by atoms with Gasteiger partial charge in [-0.2, -0.15) is 5.10 Å². The number of likely N-dealkylation sites (tertiary alicyclic amines) is 2. The van der Waals surface area contributed by atoms with Gasteiger partial charge in [-0.3, -0.25) is 19.6 Å². The standard InChI is InChI=1S/C27H34FN7O4/c1-38-23-8-18(19(28)11-30-23)20-9-21(33-32-20)25(37)35-7-2-16(10-26(35)4-5-26)24(36)31-17-3-6-34(12-17)22-13-39-27(22)14-29-15-27/h8-9,11,16-17,22,29H,2-7,10,12-15H2,1H3,(H,31,36)(H,32,33)/t16?,17-,22+/m0/s1. The highest BCUT2D eigenvalue weighted by atomic mass is 19.1. The van der Waals surface area contributed by atoms with Crippen molar-refractivity contribution in [1.29, 1.82) is 0 Å². The molecule has 0 aromatic carbocycles. The molecular formula is C27H34FN7O4. The van der Waals surface area contributed by atoms with Gasteiger partial charge in [-0.25, -0.2) is 9.37 Å². The lowest BCUT2D eigenvalue weighted by molar-refractivity contribution is -0.232. The van der Waals surface area contributed by atoms with Crippen molar-refractivity contribution in [2.45, 2.75) is 55.3 Å². The van der Waals surface area contributed by atoms with E-state index in [2.05, 4.69) is 30.7 Å². The summed E-state index contributed by atoms with van der Waals surface area (Å²) in [7, 11) is 1.46. The SMILES string of the molecule is COc1cc(-c2cc(C(=O)N3CCC(C(=O)N[C@H]4CCN([C@@H]5COC56CNC6)C4)CC34CC4)n[nH]2)c(F)cn1. The number of amides is 2. The van der Waals surface area contributed by atoms with Crippen LogP contribution in [0.5, 0.6) is 5.88 Å². The van der Waals surface area contributed by atoms with Crippen LogP contribution in [-0.2, 0) is 9.53 Å². The number of carbonyl (C=O) groups excluding carboxylic acids is 2. The molecule has 5 aliphatic rings. The van der Waals surface area contributed by atoms with Crippen LogP contribution in [0.3, 0.4) is 0 Å². The average Bonchev–Trinajstić information content (AvgIpc) is 3.26. The summed E-state index contributed by atoms with van der Waals surface area (Å²) in [5.41, 5.74) is 0.551. The molecular weight excluding hydrogens is 505 g/mol. The van der Waals surface area contributed by atoms with Crippen LogP contribution in [0, 0.1) is 11.7 Å². The smallest absolute Gasteiger partial charge is 0.274 e. The molecule has 2 amide bonds. The second kappa shape index (κ2) is 9.24. The first kappa shape index (κ1) is 24.9. The number of hydrogen-bond donors (Lipinski definition) is 3. The summed E-state index contributed by atoms with van der Waals surface area (Å²) >= 11 is 0. The van der Waals surface area contributed by atoms with Gasteiger partial charge in [0.2, 0.25) is 11.8 Å². The number of halogens is 1. The van der Waals surface area contributed by atoms with E-state index in [1.165, 1.54) is 13.2 Å². The zero-order valence-corrected chi connectivity index (χ0v) is 22.0. The summed E-state index contributed by atoms with van der Waals surface area (Å²) in [5, 5.41) is 13.6. The Kier molecular flexibility index (Phi) is 5.90. The summed E-state index contributed by atoms with van der Waals surface area (Å²) in [6, 6.07) is 3.64. The van der Waals surface area contributed by atoms with Crippen LogP contribution in [0.25, 0.3) is 11.3 Å². The molecule has 2 aromatic heterocycles. The highest BCUT2D eigenvalue weighted by Gasteiger charge is 2.57. The topological polar surface area (TPSA) is 125 Å². The number of methoxy groups -OCH3 is 1. The van der Waals surface area contributed by atoms with Gasteiger partial charge >= 0.3 is 0 Å². The molecule has 1 aliphatic carbocycles. The van der Waals surface area contributed by atoms with E-state index >= 15 is 0 Å². The number of H-pyrrole nitrogens is 1. The van der Waals surface area contributed by atoms with Crippen LogP contribution in [-0.4, -0.2) is 106 Å². The minimum absolute atomic E-state index is 0.00889. The van der Waals surface area contributed by atoms with Gasteiger partial charge in [0.25, 0.3) is 5.91 Å². The molecule has 3 atom stereocenters. The predicted octanol–water partition coefficient (Wildman–Crippen LogP) is 0.936. The first-order valence-corrected chi connectivity index (χ1v) is 13.9. The van der Waals surface area contributed by atoms with Gasteiger partial charge in [0, 0.05) is 61.9 Å². The van der Waals surface area contributed by atoms with Crippen molar-refractivity contribution in [2.75, 3.05) is 46.4 Å². The van der Waals surface area contributed by atoms with Crippen LogP contribution in [0.4, 0.5) is 4.39 Å². The number of hydrogen-bond acceptors (Lipinski definition) is 8. The number of carbonyl (C=O) groups is 2. The molecule has 5 fully saturated rings. The fourth-order valence-electron chi connectivity index (χ4n) is 6.85. The molecule has 12 heteroatoms. The van der Waals surface area contributed by atoms with Crippen molar-refractivity contribution in [3.63, 3.8) is 0 Å². The second-order valence-corrected chi connectivity index (χ2v) is 11.7. The van der Waals surface area contributed by atoms with E-state index < -0.39 is 5.82 Å². The first-order chi connectivity index (χ1) is 18.9. The third kappa shape index (κ3) is 4.20. The van der Waals surface area contributed by atoms with E-state index in [-0.39, 0.29) is 52.1 Å². The number of nitrogens with one attached hydrogen (secondary N) is 3. The van der Waals surface area contributed by atoms with E-state index in [1.807, 2.05) is 4.90 Å². The molecule has 6 heterocycles. The highest BCUT2D eigenvalue weighted by molar-refractivity contribution is 5.94. The zero-order valence-electron chi connectivity index (χ0n) is 22.0. The predicted molar refractivity (Wildman–Crippen MR) is 138 cm³/mol. The van der Waals surface area contributed by atoms with Crippen molar-refractivity contribution in [1.82, 2.24) is 35.6 Å². The van der Waals surface area contributed by atoms with Crippen LogP contribution >= 0.6 is 0 Å². The Hall–Kier alpha value is -3.09. The van der Waals surface area contributed by atoms with Gasteiger partial charge in [-0.15, -0.1) is 0 Å². The third-order valence-electron chi connectivity index (χ3n) is 9.46. The zero-order chi connectivity index (χ0) is 26.8. The van der Waals surface area contributed by atoms with Crippen LogP contribution < -0.4 is 15.4 Å². The molecule has 39 heavy (non-hydrogen) atoms. The largest absolute Gasteiger partial charge is 0.481 e. The number of nitrogens with zero attached hydrogens (tertiary/aromatic N) is 4. The maximum Gasteiger partial charge on any atom is 0.274 e. The number of ether oxygens (including phenoxy) is 2. The van der Waals surface area contributed by atoms with Gasteiger partial charge in [-0.05, 0) is 38.2 Å². The number of pyridine rings is 1. The number of aromatic nitrogens is 3. The van der Waals surface area contributed by atoms with Gasteiger partial charge in [0.1, 0.15) is 5.60 Å². The lowest BCUT2D eigenvalue weighted by Gasteiger charge is -2.58. The fraction of sp³-hybridized carbons (Fsp3) is 0.630. The lowest BCUT2D eigenvalue weighted by Crippen LogP contribution is -2.78. The molecule has 2 spiro atoms. The van der Waals surface area contributed by atoms with Gasteiger partial charge in [0.05, 0.1) is 31.6 Å². The van der Waals surface area contributed by atoms with E-state index in [1.54, 1.807) is 6.07 Å². The Bertz CT molecular complexity index is 1290. The number of piperidine rings is 1. The Balaban J connectivity index is 0.968. The molecule has 4 aliphatic heterocycles. The average molecular weight is 540 g/mol. The molecule has 3 N–H and O–H groups in total. The van der Waals surface area contributed by atoms with E-state index in [9.17, 15) is 14.0 Å². The normalized spacial score (nSPS) is 28.7. The van der Waals surface area contributed by atoms with Crippen LogP contribution in [0.2, 0.25) is 0 Å². The Morgan fingerprint density at radius 2 is 2.08 bits per heavy atom. The van der Waals surface area contributed by atoms with Crippen LogP contribution in [0.1, 0.15) is 42.6 Å². The van der Waals surface area contributed by atoms with Gasteiger partial charge in [-0.1, -0.05) is 0 Å². The highest BCUT2D eigenvalue weighted by Crippen LogP contribution is 2.50. The Morgan fingerprint density at radius 3 is 2.77 bits per heavy atom. The summed E-state index contributed by atoms with van der Waals surface area (Å²) < 4.78 is 25.3. The van der Waals surface area contributed by atoms with Gasteiger partial charge < -0.3 is 25.0 Å². The molecule has 1 unspecified atom stereocenters.